The summed E-state index contributed by atoms with van der Waals surface area (Å²) < 4.78 is 27.0. The minimum Gasteiger partial charge on any atom is -0.598 e. The van der Waals surface area contributed by atoms with Gasteiger partial charge < -0.3 is 18.9 Å². The van der Waals surface area contributed by atoms with Gasteiger partial charge in [-0.15, -0.1) is 4.72 Å². The Labute approximate surface area is 168 Å². The van der Waals surface area contributed by atoms with Crippen molar-refractivity contribution >= 4 is 17.3 Å². The first-order valence-corrected chi connectivity index (χ1v) is 11.6. The summed E-state index contributed by atoms with van der Waals surface area (Å²) in [5, 5.41) is 0. The van der Waals surface area contributed by atoms with Crippen LogP contribution in [0.15, 0.2) is 12.4 Å². The van der Waals surface area contributed by atoms with Gasteiger partial charge >= 0.3 is 0 Å². The average Bonchev–Trinajstić information content (AvgIpc) is 2.72. The highest BCUT2D eigenvalue weighted by molar-refractivity contribution is 7.88. The Balaban J connectivity index is 1.59. The second-order valence-corrected chi connectivity index (χ2v) is 8.96. The average molecular weight is 409 g/mol. The van der Waals surface area contributed by atoms with Crippen LogP contribution in [0.3, 0.4) is 0 Å². The lowest BCUT2D eigenvalue weighted by atomic mass is 9.85. The molecule has 154 valence electrons. The molecule has 1 N–H and O–H groups in total. The fraction of sp³-hybridized carbons (Fsp3) is 0.737. The molecule has 3 atom stereocenters. The van der Waals surface area contributed by atoms with Crippen LogP contribution in [0.5, 0.6) is 5.88 Å². The Hall–Kier alpha value is -1.42. The molecule has 2 fully saturated rings. The number of amides is 1. The van der Waals surface area contributed by atoms with Crippen LogP contribution >= 0.6 is 0 Å². The Morgan fingerprint density at radius 1 is 1.21 bits per heavy atom. The maximum atomic E-state index is 13.0. The predicted molar refractivity (Wildman–Crippen MR) is 104 cm³/mol. The molecule has 1 saturated heterocycles. The lowest BCUT2D eigenvalue weighted by molar-refractivity contribution is -0.140. The van der Waals surface area contributed by atoms with E-state index in [-0.39, 0.29) is 30.7 Å². The quantitative estimate of drug-likeness (QED) is 0.733. The van der Waals surface area contributed by atoms with Crippen molar-refractivity contribution in [3.8, 4) is 5.88 Å². The first kappa shape index (κ1) is 19.9. The zero-order chi connectivity index (χ0) is 19.5. The van der Waals surface area contributed by atoms with Crippen LogP contribution in [0.2, 0.25) is 0 Å². The third-order valence-corrected chi connectivity index (χ3v) is 6.64. The number of hydrogen-bond donors (Lipinski definition) is 1. The third-order valence-electron chi connectivity index (χ3n) is 6.00. The van der Waals surface area contributed by atoms with Crippen LogP contribution in [-0.2, 0) is 20.9 Å². The third kappa shape index (κ3) is 4.42. The summed E-state index contributed by atoms with van der Waals surface area (Å²) in [4.78, 5) is 23.6. The molecule has 8 nitrogen and oxygen atoms in total. The fourth-order valence-corrected chi connectivity index (χ4v) is 5.30. The highest BCUT2D eigenvalue weighted by Crippen LogP contribution is 2.37. The fourth-order valence-electron chi connectivity index (χ4n) is 4.60. The summed E-state index contributed by atoms with van der Waals surface area (Å²) >= 11 is -1.14. The van der Waals surface area contributed by atoms with E-state index in [0.717, 1.165) is 44.2 Å². The van der Waals surface area contributed by atoms with E-state index >= 15 is 0 Å². The smallest absolute Gasteiger partial charge is 0.260 e. The second kappa shape index (κ2) is 8.94. The first-order chi connectivity index (χ1) is 13.6. The number of nitrogens with zero attached hydrogens (tertiary/aromatic N) is 3. The zero-order valence-electron chi connectivity index (χ0n) is 16.2. The van der Waals surface area contributed by atoms with E-state index in [1.165, 1.54) is 0 Å². The van der Waals surface area contributed by atoms with Gasteiger partial charge in [0.2, 0.25) is 5.88 Å². The summed E-state index contributed by atoms with van der Waals surface area (Å²) in [6.45, 7) is 1.05. The van der Waals surface area contributed by atoms with Crippen molar-refractivity contribution in [1.29, 1.82) is 0 Å². The Bertz CT molecular complexity index is 684. The molecule has 5 rings (SSSR count). The largest absolute Gasteiger partial charge is 0.598 e. The summed E-state index contributed by atoms with van der Waals surface area (Å²) in [6, 6.07) is -0.189. The maximum Gasteiger partial charge on any atom is 0.260 e. The molecule has 1 saturated carbocycles. The summed E-state index contributed by atoms with van der Waals surface area (Å²) in [7, 11) is 0. The van der Waals surface area contributed by atoms with Crippen molar-refractivity contribution in [1.82, 2.24) is 19.6 Å². The van der Waals surface area contributed by atoms with Gasteiger partial charge in [0, 0.05) is 36.2 Å². The molecule has 1 aromatic rings. The lowest BCUT2D eigenvalue weighted by Gasteiger charge is -2.41. The molecular formula is C19H28N4O4S. The molecule has 0 spiro atoms. The van der Waals surface area contributed by atoms with Gasteiger partial charge in [0.05, 0.1) is 24.8 Å². The number of carbonyl (C=O) groups is 1. The van der Waals surface area contributed by atoms with Gasteiger partial charge in [0.15, 0.2) is 6.61 Å². The van der Waals surface area contributed by atoms with Gasteiger partial charge in [-0.1, -0.05) is 0 Å². The van der Waals surface area contributed by atoms with E-state index in [2.05, 4.69) is 14.7 Å². The number of fused-ring (bicyclic) bond motifs is 5. The number of ether oxygens (including phenoxy) is 2. The van der Waals surface area contributed by atoms with Crippen molar-refractivity contribution in [3.05, 3.63) is 18.1 Å². The van der Waals surface area contributed by atoms with Crippen LogP contribution in [0.25, 0.3) is 0 Å². The van der Waals surface area contributed by atoms with Crippen molar-refractivity contribution in [3.63, 3.8) is 0 Å². The Morgan fingerprint density at radius 2 is 2.00 bits per heavy atom. The van der Waals surface area contributed by atoms with E-state index in [9.17, 15) is 9.35 Å². The highest BCUT2D eigenvalue weighted by atomic mass is 32.2. The molecule has 0 aromatic carbocycles. The highest BCUT2D eigenvalue weighted by Gasteiger charge is 2.38. The van der Waals surface area contributed by atoms with Crippen molar-refractivity contribution in [2.45, 2.75) is 62.6 Å². The summed E-state index contributed by atoms with van der Waals surface area (Å²) in [6.07, 6.45) is 10.7. The molecule has 28 heavy (non-hydrogen) atoms. The molecule has 1 aromatic heterocycles. The minimum atomic E-state index is -1.14. The number of nitrogens with one attached hydrogen (secondary N) is 1. The van der Waals surface area contributed by atoms with Crippen molar-refractivity contribution in [2.75, 3.05) is 26.0 Å². The van der Waals surface area contributed by atoms with Gasteiger partial charge in [-0.2, -0.15) is 0 Å². The van der Waals surface area contributed by atoms with Crippen molar-refractivity contribution in [2.24, 2.45) is 0 Å². The molecule has 1 amide bonds. The van der Waals surface area contributed by atoms with E-state index in [1.807, 2.05) is 4.90 Å². The molecule has 0 radical (unpaired) electrons. The Kier molecular flexibility index (Phi) is 6.35. The number of carbonyl (C=O) groups excluding carboxylic acids is 1. The van der Waals surface area contributed by atoms with E-state index in [0.29, 0.717) is 24.9 Å². The number of hydrogen-bond acceptors (Lipinski definition) is 7. The topological polar surface area (TPSA) is 99.6 Å². The van der Waals surface area contributed by atoms with Gasteiger partial charge in [-0.25, -0.2) is 4.98 Å². The molecule has 2 bridgehead atoms. The molecule has 4 aliphatic rings. The monoisotopic (exact) mass is 408 g/mol. The first-order valence-electron chi connectivity index (χ1n) is 10.1. The van der Waals surface area contributed by atoms with Gasteiger partial charge in [-0.3, -0.25) is 9.78 Å². The van der Waals surface area contributed by atoms with E-state index in [1.54, 1.807) is 18.6 Å². The molecular weight excluding hydrogens is 380 g/mol. The van der Waals surface area contributed by atoms with Crippen LogP contribution < -0.4 is 9.46 Å². The van der Waals surface area contributed by atoms with Crippen molar-refractivity contribution < 1.29 is 18.8 Å². The van der Waals surface area contributed by atoms with Gasteiger partial charge in [0.1, 0.15) is 11.9 Å². The number of aromatic nitrogens is 2. The molecule has 9 heteroatoms. The van der Waals surface area contributed by atoms with Gasteiger partial charge in [0.25, 0.3) is 5.91 Å². The van der Waals surface area contributed by atoms with Gasteiger partial charge in [-0.05, 0) is 38.5 Å². The normalized spacial score (nSPS) is 32.2. The molecule has 3 unspecified atom stereocenters. The maximum absolute atomic E-state index is 13.0. The SMILES string of the molecule is C[S+]([O-])NC1CCCN2C(=O)COc3nccnc3[C@H]3CC[C@H](CC3)OCC12. The van der Waals surface area contributed by atoms with Crippen LogP contribution in [0, 0.1) is 0 Å². The standard InChI is InChI=1S/C19H28N4O4S/c1-28(25)22-15-3-2-10-23-16(15)11-26-14-6-4-13(5-7-14)18-19(21-9-8-20-18)27-12-17(23)24/h8-9,13-16,22H,2-7,10-12H2,1H3/t13-,14+,15?,16?,28?. The zero-order valence-corrected chi connectivity index (χ0v) is 17.0. The van der Waals surface area contributed by atoms with Crippen LogP contribution in [-0.4, -0.2) is 69.5 Å². The lowest BCUT2D eigenvalue weighted by Crippen LogP contribution is -2.59. The second-order valence-electron chi connectivity index (χ2n) is 7.82. The number of piperidine rings is 1. The minimum absolute atomic E-state index is 0.0444. The molecule has 1 aliphatic carbocycles. The predicted octanol–water partition coefficient (Wildman–Crippen LogP) is 1.15. The number of rotatable bonds is 2. The van der Waals surface area contributed by atoms with Crippen LogP contribution in [0.4, 0.5) is 0 Å². The summed E-state index contributed by atoms with van der Waals surface area (Å²) in [5.41, 5.74) is 0.851. The molecule has 4 heterocycles. The van der Waals surface area contributed by atoms with E-state index < -0.39 is 11.4 Å². The summed E-state index contributed by atoms with van der Waals surface area (Å²) in [5.74, 6) is 0.668. The van der Waals surface area contributed by atoms with E-state index in [4.69, 9.17) is 9.47 Å². The van der Waals surface area contributed by atoms with Crippen LogP contribution in [0.1, 0.15) is 50.1 Å². The molecule has 3 aliphatic heterocycles. The Morgan fingerprint density at radius 3 is 2.79 bits per heavy atom.